The molecular formula is C22H24Cl2N4O3S. The number of rotatable bonds is 10. The fourth-order valence-electron chi connectivity index (χ4n) is 2.98. The maximum absolute atomic E-state index is 12.5. The zero-order chi connectivity index (χ0) is 23.1. The van der Waals surface area contributed by atoms with Crippen molar-refractivity contribution in [3.8, 4) is 11.5 Å². The zero-order valence-corrected chi connectivity index (χ0v) is 20.3. The largest absolute Gasteiger partial charge is 0.492 e. The van der Waals surface area contributed by atoms with Crippen molar-refractivity contribution in [3.63, 3.8) is 0 Å². The van der Waals surface area contributed by atoms with Crippen LogP contribution >= 0.6 is 35.0 Å². The van der Waals surface area contributed by atoms with Crippen LogP contribution in [0.2, 0.25) is 10.0 Å². The summed E-state index contributed by atoms with van der Waals surface area (Å²) in [6.45, 7) is 6.88. The van der Waals surface area contributed by atoms with Crippen molar-refractivity contribution < 1.29 is 14.3 Å². The Hall–Kier alpha value is -2.42. The van der Waals surface area contributed by atoms with Crippen molar-refractivity contribution in [3.05, 3.63) is 58.3 Å². The highest BCUT2D eigenvalue weighted by molar-refractivity contribution is 7.99. The van der Waals surface area contributed by atoms with Crippen LogP contribution in [-0.4, -0.2) is 33.0 Å². The summed E-state index contributed by atoms with van der Waals surface area (Å²) in [6, 6.07) is 12.4. The summed E-state index contributed by atoms with van der Waals surface area (Å²) in [6.07, 6.45) is -0.417. The summed E-state index contributed by atoms with van der Waals surface area (Å²) in [7, 11) is 0. The molecule has 3 aromatic rings. The van der Waals surface area contributed by atoms with Gasteiger partial charge in [-0.3, -0.25) is 4.79 Å². The van der Waals surface area contributed by atoms with Gasteiger partial charge in [0, 0.05) is 17.6 Å². The molecule has 10 heteroatoms. The predicted molar refractivity (Wildman–Crippen MR) is 128 cm³/mol. The number of para-hydroxylation sites is 2. The minimum absolute atomic E-state index is 0.163. The second kappa shape index (κ2) is 11.4. The second-order valence-corrected chi connectivity index (χ2v) is 8.47. The first-order valence-corrected chi connectivity index (χ1v) is 11.9. The first kappa shape index (κ1) is 24.2. The van der Waals surface area contributed by atoms with E-state index in [1.807, 2.05) is 43.5 Å². The molecule has 170 valence electrons. The third-order valence-corrected chi connectivity index (χ3v) is 5.93. The molecule has 0 fully saturated rings. The highest BCUT2D eigenvalue weighted by Crippen LogP contribution is 2.32. The van der Waals surface area contributed by atoms with Crippen molar-refractivity contribution in [2.75, 3.05) is 17.7 Å². The molecular weight excluding hydrogens is 471 g/mol. The van der Waals surface area contributed by atoms with Gasteiger partial charge in [0.25, 0.3) is 0 Å². The van der Waals surface area contributed by atoms with Crippen LogP contribution in [-0.2, 0) is 11.3 Å². The molecule has 0 aliphatic heterocycles. The second-order valence-electron chi connectivity index (χ2n) is 6.69. The normalized spacial score (nSPS) is 11.8. The Morgan fingerprint density at radius 3 is 2.69 bits per heavy atom. The Bertz CT molecular complexity index is 1080. The lowest BCUT2D eigenvalue weighted by Gasteiger charge is -2.16. The van der Waals surface area contributed by atoms with E-state index in [2.05, 4.69) is 15.5 Å². The minimum atomic E-state index is -0.417. The van der Waals surface area contributed by atoms with Gasteiger partial charge in [0.1, 0.15) is 11.5 Å². The summed E-state index contributed by atoms with van der Waals surface area (Å²) >= 11 is 13.6. The summed E-state index contributed by atoms with van der Waals surface area (Å²) in [5.74, 6) is 1.75. The number of hydrogen-bond acceptors (Lipinski definition) is 6. The summed E-state index contributed by atoms with van der Waals surface area (Å²) in [5.41, 5.74) is 0.637. The average Bonchev–Trinajstić information content (AvgIpc) is 3.19. The Kier molecular flexibility index (Phi) is 8.67. The topological polar surface area (TPSA) is 78.3 Å². The first-order valence-electron chi connectivity index (χ1n) is 10.1. The van der Waals surface area contributed by atoms with Crippen molar-refractivity contribution in [1.29, 1.82) is 0 Å². The number of anilines is 1. The van der Waals surface area contributed by atoms with E-state index >= 15 is 0 Å². The van der Waals surface area contributed by atoms with Gasteiger partial charge in [-0.25, -0.2) is 0 Å². The Morgan fingerprint density at radius 1 is 1.16 bits per heavy atom. The van der Waals surface area contributed by atoms with Gasteiger partial charge < -0.3 is 19.4 Å². The molecule has 2 aromatic carbocycles. The number of ether oxygens (including phenoxy) is 2. The average molecular weight is 495 g/mol. The molecule has 1 atom stereocenters. The number of nitrogens with zero attached hydrogens (tertiary/aromatic N) is 3. The van der Waals surface area contributed by atoms with Crippen molar-refractivity contribution in [1.82, 2.24) is 14.8 Å². The molecule has 1 N–H and O–H groups in total. The molecule has 0 saturated heterocycles. The number of thioether (sulfide) groups is 1. The minimum Gasteiger partial charge on any atom is -0.492 e. The van der Waals surface area contributed by atoms with E-state index in [-0.39, 0.29) is 11.7 Å². The first-order chi connectivity index (χ1) is 15.4. The Morgan fingerprint density at radius 2 is 1.94 bits per heavy atom. The van der Waals surface area contributed by atoms with Crippen molar-refractivity contribution in [2.45, 2.75) is 38.6 Å². The lowest BCUT2D eigenvalue weighted by molar-refractivity contribution is -0.113. The molecule has 0 spiro atoms. The SMILES string of the molecule is CCOc1ccccc1NC(=O)CSc1nnc(C(C)Oc2cc(Cl)ccc2Cl)n1CC. The number of nitrogens with one attached hydrogen (secondary N) is 1. The van der Waals surface area contributed by atoms with E-state index in [0.717, 1.165) is 0 Å². The zero-order valence-electron chi connectivity index (χ0n) is 18.0. The molecule has 1 unspecified atom stereocenters. The molecule has 1 amide bonds. The van der Waals surface area contributed by atoms with Gasteiger partial charge in [-0.1, -0.05) is 47.1 Å². The third kappa shape index (κ3) is 6.09. The smallest absolute Gasteiger partial charge is 0.234 e. The lowest BCUT2D eigenvalue weighted by atomic mass is 10.3. The quantitative estimate of drug-likeness (QED) is 0.354. The van der Waals surface area contributed by atoms with Crippen LogP contribution in [0.5, 0.6) is 11.5 Å². The highest BCUT2D eigenvalue weighted by atomic mass is 35.5. The molecule has 1 heterocycles. The van der Waals surface area contributed by atoms with Crippen LogP contribution in [0.1, 0.15) is 32.7 Å². The number of amides is 1. The van der Waals surface area contributed by atoms with Gasteiger partial charge in [-0.15, -0.1) is 10.2 Å². The Balaban J connectivity index is 1.66. The van der Waals surface area contributed by atoms with Crippen LogP contribution in [0.15, 0.2) is 47.6 Å². The molecule has 0 saturated carbocycles. The molecule has 0 bridgehead atoms. The van der Waals surface area contributed by atoms with Crippen LogP contribution in [0.4, 0.5) is 5.69 Å². The summed E-state index contributed by atoms with van der Waals surface area (Å²) in [5, 5.41) is 13.0. The molecule has 7 nitrogen and oxygen atoms in total. The van der Waals surface area contributed by atoms with Gasteiger partial charge in [0.05, 0.1) is 23.1 Å². The van der Waals surface area contributed by atoms with E-state index < -0.39 is 6.10 Å². The van der Waals surface area contributed by atoms with Gasteiger partial charge in [-0.05, 0) is 45.0 Å². The summed E-state index contributed by atoms with van der Waals surface area (Å²) in [4.78, 5) is 12.5. The predicted octanol–water partition coefficient (Wildman–Crippen LogP) is 5.87. The molecule has 0 aliphatic carbocycles. The number of halogens is 2. The number of carbonyl (C=O) groups excluding carboxylic acids is 1. The van der Waals surface area contributed by atoms with Gasteiger partial charge in [-0.2, -0.15) is 0 Å². The van der Waals surface area contributed by atoms with Gasteiger partial charge in [0.2, 0.25) is 5.91 Å². The Labute approximate surface area is 201 Å². The van der Waals surface area contributed by atoms with Crippen LogP contribution < -0.4 is 14.8 Å². The van der Waals surface area contributed by atoms with E-state index in [1.54, 1.807) is 24.3 Å². The van der Waals surface area contributed by atoms with Crippen molar-refractivity contribution in [2.24, 2.45) is 0 Å². The standard InChI is InChI=1S/C22H24Cl2N4O3S/c1-4-28-21(14(3)31-19-12-15(23)10-11-16(19)24)26-27-22(28)32-13-20(29)25-17-8-6-7-9-18(17)30-5-2/h6-12,14H,4-5,13H2,1-3H3,(H,25,29). The summed E-state index contributed by atoms with van der Waals surface area (Å²) < 4.78 is 13.4. The number of carbonyl (C=O) groups is 1. The molecule has 1 aromatic heterocycles. The van der Waals surface area contributed by atoms with Crippen LogP contribution in [0.25, 0.3) is 0 Å². The maximum Gasteiger partial charge on any atom is 0.234 e. The fourth-order valence-corrected chi connectivity index (χ4v) is 4.12. The lowest BCUT2D eigenvalue weighted by Crippen LogP contribution is -2.16. The van der Waals surface area contributed by atoms with E-state index in [4.69, 9.17) is 32.7 Å². The number of benzene rings is 2. The fraction of sp³-hybridized carbons (Fsp3) is 0.318. The number of hydrogen-bond donors (Lipinski definition) is 1. The van der Waals surface area contributed by atoms with Gasteiger partial charge in [0.15, 0.2) is 17.1 Å². The highest BCUT2D eigenvalue weighted by Gasteiger charge is 2.20. The molecule has 3 rings (SSSR count). The maximum atomic E-state index is 12.5. The monoisotopic (exact) mass is 494 g/mol. The molecule has 32 heavy (non-hydrogen) atoms. The molecule has 0 radical (unpaired) electrons. The van der Waals surface area contributed by atoms with Crippen LogP contribution in [0, 0.1) is 0 Å². The van der Waals surface area contributed by atoms with Gasteiger partial charge >= 0.3 is 0 Å². The number of aromatic nitrogens is 3. The van der Waals surface area contributed by atoms with Crippen LogP contribution in [0.3, 0.4) is 0 Å². The van der Waals surface area contributed by atoms with Crippen molar-refractivity contribution >= 4 is 46.6 Å². The van der Waals surface area contributed by atoms with E-state index in [9.17, 15) is 4.79 Å². The molecule has 0 aliphatic rings. The van der Waals surface area contributed by atoms with E-state index in [1.165, 1.54) is 11.8 Å². The third-order valence-electron chi connectivity index (χ3n) is 4.42. The van der Waals surface area contributed by atoms with E-state index in [0.29, 0.717) is 51.4 Å².